The van der Waals surface area contributed by atoms with Gasteiger partial charge in [0.05, 0.1) is 4.75 Å². The molecule has 0 saturated heterocycles. The number of Topliss-reactive ketones (excluding diaryl/α,β-unsaturated/α-hetero) is 1. The molecule has 0 aliphatic heterocycles. The number of carbonyl (C=O) groups is 1. The normalized spacial score (nSPS) is 13.9. The summed E-state index contributed by atoms with van der Waals surface area (Å²) >= 11 is 0. The van der Waals surface area contributed by atoms with E-state index in [0.29, 0.717) is 5.56 Å². The van der Waals surface area contributed by atoms with E-state index < -0.39 is 11.0 Å². The van der Waals surface area contributed by atoms with Crippen LogP contribution in [0, 0.1) is 0 Å². The minimum absolute atomic E-state index is 0.0340. The van der Waals surface area contributed by atoms with Crippen LogP contribution in [-0.4, -0.2) is 21.0 Å². The monoisotopic (exact) mass is 251 g/mol. The van der Waals surface area contributed by atoms with Gasteiger partial charge in [0.25, 0.3) is 0 Å². The molecule has 3 nitrogen and oxygen atoms in total. The van der Waals surface area contributed by atoms with Crippen LogP contribution in [0.5, 0.6) is 0 Å². The summed E-state index contributed by atoms with van der Waals surface area (Å²) in [6.07, 6.45) is 1.57. The highest BCUT2D eigenvalue weighted by atomic mass is 32.2. The Bertz CT molecular complexity index is 455. The van der Waals surface area contributed by atoms with Crippen molar-refractivity contribution in [2.45, 2.75) is 32.4 Å². The second kappa shape index (κ2) is 5.36. The van der Waals surface area contributed by atoms with Crippen molar-refractivity contribution in [3.63, 3.8) is 0 Å². The minimum atomic E-state index is -1.25. The second-order valence-electron chi connectivity index (χ2n) is 4.77. The quantitative estimate of drug-likeness (QED) is 0.612. The Morgan fingerprint density at radius 1 is 1.24 bits per heavy atom. The van der Waals surface area contributed by atoms with Crippen molar-refractivity contribution in [1.82, 2.24) is 0 Å². The number of carbonyl (C=O) groups excluding carboxylic acids is 1. The molecule has 92 valence electrons. The van der Waals surface area contributed by atoms with Gasteiger partial charge >= 0.3 is 0 Å². The molecule has 0 amide bonds. The lowest BCUT2D eigenvalue weighted by Gasteiger charge is -2.12. The largest absolute Gasteiger partial charge is 0.295 e. The summed E-state index contributed by atoms with van der Waals surface area (Å²) < 4.78 is 15.3. The standard InChI is InChI=1S/C13H17NO2S/c1-10(15)12-7-5-11(6-8-12)9-14-17(16)13(2,3)4/h5-9H,1-4H3/b14-9+/t17-/m1/s1. The van der Waals surface area contributed by atoms with Gasteiger partial charge in [-0.1, -0.05) is 24.3 Å². The molecule has 0 heterocycles. The number of hydrogen-bond acceptors (Lipinski definition) is 2. The van der Waals surface area contributed by atoms with Crippen molar-refractivity contribution in [1.29, 1.82) is 0 Å². The van der Waals surface area contributed by atoms with Crippen LogP contribution in [0.15, 0.2) is 28.7 Å². The molecule has 1 aromatic rings. The van der Waals surface area contributed by atoms with E-state index in [2.05, 4.69) is 4.40 Å². The summed E-state index contributed by atoms with van der Waals surface area (Å²) in [5.41, 5.74) is 1.51. The smallest absolute Gasteiger partial charge is 0.159 e. The van der Waals surface area contributed by atoms with Gasteiger partial charge in [0.1, 0.15) is 11.0 Å². The number of nitrogens with zero attached hydrogens (tertiary/aromatic N) is 1. The van der Waals surface area contributed by atoms with Crippen molar-refractivity contribution in [2.75, 3.05) is 0 Å². The van der Waals surface area contributed by atoms with Crippen LogP contribution in [0.3, 0.4) is 0 Å². The maximum absolute atomic E-state index is 11.7. The molecule has 1 atom stereocenters. The second-order valence-corrected chi connectivity index (χ2v) is 6.71. The van der Waals surface area contributed by atoms with Gasteiger partial charge in [0.2, 0.25) is 0 Å². The van der Waals surface area contributed by atoms with Crippen molar-refractivity contribution < 1.29 is 9.00 Å². The Kier molecular flexibility index (Phi) is 4.34. The molecule has 0 bridgehead atoms. The number of hydrogen-bond donors (Lipinski definition) is 0. The highest BCUT2D eigenvalue weighted by Gasteiger charge is 2.17. The van der Waals surface area contributed by atoms with Gasteiger partial charge < -0.3 is 0 Å². The SMILES string of the molecule is CC(=O)c1ccc(/C=N/[S@](=O)C(C)(C)C)cc1. The molecular formula is C13H17NO2S. The number of benzene rings is 1. The molecular weight excluding hydrogens is 234 g/mol. The van der Waals surface area contributed by atoms with E-state index in [0.717, 1.165) is 5.56 Å². The van der Waals surface area contributed by atoms with Crippen molar-refractivity contribution in [3.05, 3.63) is 35.4 Å². The van der Waals surface area contributed by atoms with Gasteiger partial charge in [-0.3, -0.25) is 4.79 Å². The fraction of sp³-hybridized carbons (Fsp3) is 0.385. The summed E-state index contributed by atoms with van der Waals surface area (Å²) in [4.78, 5) is 11.1. The number of ketones is 1. The molecule has 0 unspecified atom stereocenters. The van der Waals surface area contributed by atoms with E-state index in [1.807, 2.05) is 20.8 Å². The first kappa shape index (κ1) is 13.8. The Balaban J connectivity index is 2.80. The Morgan fingerprint density at radius 3 is 2.18 bits per heavy atom. The van der Waals surface area contributed by atoms with Crippen LogP contribution in [0.25, 0.3) is 0 Å². The van der Waals surface area contributed by atoms with E-state index in [1.165, 1.54) is 6.92 Å². The van der Waals surface area contributed by atoms with E-state index in [1.54, 1.807) is 30.5 Å². The van der Waals surface area contributed by atoms with Crippen molar-refractivity contribution in [2.24, 2.45) is 4.40 Å². The molecule has 1 aromatic carbocycles. The van der Waals surface area contributed by atoms with Crippen LogP contribution in [0.4, 0.5) is 0 Å². The van der Waals surface area contributed by atoms with E-state index in [-0.39, 0.29) is 10.5 Å². The highest BCUT2D eigenvalue weighted by molar-refractivity contribution is 7.85. The zero-order valence-corrected chi connectivity index (χ0v) is 11.4. The summed E-state index contributed by atoms with van der Waals surface area (Å²) in [6, 6.07) is 7.06. The van der Waals surface area contributed by atoms with Crippen LogP contribution in [0.2, 0.25) is 0 Å². The van der Waals surface area contributed by atoms with Crippen LogP contribution < -0.4 is 0 Å². The molecule has 0 aliphatic rings. The molecule has 0 fully saturated rings. The van der Waals surface area contributed by atoms with Crippen LogP contribution in [0.1, 0.15) is 43.6 Å². The predicted octanol–water partition coefficient (Wildman–Crippen LogP) is 2.77. The molecule has 0 N–H and O–H groups in total. The first-order valence-electron chi connectivity index (χ1n) is 5.38. The van der Waals surface area contributed by atoms with Gasteiger partial charge in [-0.25, -0.2) is 4.21 Å². The lowest BCUT2D eigenvalue weighted by Crippen LogP contribution is -2.19. The highest BCUT2D eigenvalue weighted by Crippen LogP contribution is 2.12. The van der Waals surface area contributed by atoms with E-state index in [9.17, 15) is 9.00 Å². The van der Waals surface area contributed by atoms with Gasteiger partial charge in [-0.2, -0.15) is 4.40 Å². The van der Waals surface area contributed by atoms with Crippen molar-refractivity contribution >= 4 is 23.0 Å². The van der Waals surface area contributed by atoms with Gasteiger partial charge in [-0.05, 0) is 33.3 Å². The molecule has 0 saturated carbocycles. The molecule has 17 heavy (non-hydrogen) atoms. The molecule has 0 aliphatic carbocycles. The minimum Gasteiger partial charge on any atom is -0.295 e. The average molecular weight is 251 g/mol. The third kappa shape index (κ3) is 4.23. The Labute approximate surface area is 105 Å². The first-order chi connectivity index (χ1) is 7.80. The summed E-state index contributed by atoms with van der Waals surface area (Å²) in [7, 11) is -1.25. The molecule has 0 radical (unpaired) electrons. The fourth-order valence-corrected chi connectivity index (χ4v) is 1.60. The lowest BCUT2D eigenvalue weighted by molar-refractivity contribution is 0.101. The Morgan fingerprint density at radius 2 is 1.76 bits per heavy atom. The average Bonchev–Trinajstić information content (AvgIpc) is 2.25. The Hall–Kier alpha value is -1.29. The summed E-state index contributed by atoms with van der Waals surface area (Å²) in [5, 5.41) is 0. The zero-order chi connectivity index (χ0) is 13.1. The molecule has 0 spiro atoms. The first-order valence-corrected chi connectivity index (χ1v) is 6.48. The van der Waals surface area contributed by atoms with Gasteiger partial charge in [-0.15, -0.1) is 0 Å². The van der Waals surface area contributed by atoms with Crippen LogP contribution >= 0.6 is 0 Å². The zero-order valence-electron chi connectivity index (χ0n) is 10.6. The van der Waals surface area contributed by atoms with Gasteiger partial charge in [0, 0.05) is 11.8 Å². The van der Waals surface area contributed by atoms with Gasteiger partial charge in [0.15, 0.2) is 5.78 Å². The fourth-order valence-electron chi connectivity index (χ4n) is 1.07. The number of rotatable bonds is 3. The maximum atomic E-state index is 11.7. The third-order valence-electron chi connectivity index (χ3n) is 2.14. The third-order valence-corrected chi connectivity index (χ3v) is 3.48. The molecule has 4 heteroatoms. The molecule has 1 rings (SSSR count). The summed E-state index contributed by atoms with van der Waals surface area (Å²) in [5.74, 6) is 0.0340. The lowest BCUT2D eigenvalue weighted by atomic mass is 10.1. The van der Waals surface area contributed by atoms with Crippen molar-refractivity contribution in [3.8, 4) is 0 Å². The van der Waals surface area contributed by atoms with E-state index in [4.69, 9.17) is 0 Å². The predicted molar refractivity (Wildman–Crippen MR) is 71.9 cm³/mol. The topological polar surface area (TPSA) is 46.5 Å². The van der Waals surface area contributed by atoms with E-state index >= 15 is 0 Å². The molecule has 0 aromatic heterocycles. The maximum Gasteiger partial charge on any atom is 0.159 e. The van der Waals surface area contributed by atoms with Crippen LogP contribution in [-0.2, 0) is 11.0 Å². The summed E-state index contributed by atoms with van der Waals surface area (Å²) in [6.45, 7) is 7.15.